The topological polar surface area (TPSA) is 121 Å². The molecule has 3 aliphatic heterocycles. The van der Waals surface area contributed by atoms with Gasteiger partial charge in [0.1, 0.15) is 22.8 Å². The second kappa shape index (κ2) is 7.52. The van der Waals surface area contributed by atoms with Gasteiger partial charge in [-0.1, -0.05) is 34.1 Å². The second-order valence-electron chi connectivity index (χ2n) is 8.06. The number of hydrogen-bond acceptors (Lipinski definition) is 7. The van der Waals surface area contributed by atoms with E-state index in [0.717, 1.165) is 21.3 Å². The molecule has 5 N–H and O–H groups in total. The Balaban J connectivity index is 1.73. The van der Waals surface area contributed by atoms with Crippen molar-refractivity contribution < 1.29 is 14.3 Å². The number of carbonyl (C=O) groups is 1. The molecule has 4 atom stereocenters. The molecule has 5 rings (SSSR count). The lowest BCUT2D eigenvalue weighted by Gasteiger charge is -2.42. The minimum absolute atomic E-state index is 0.0493. The zero-order valence-corrected chi connectivity index (χ0v) is 19.1. The van der Waals surface area contributed by atoms with E-state index in [4.69, 9.17) is 15.2 Å². The van der Waals surface area contributed by atoms with Crippen molar-refractivity contribution in [2.75, 3.05) is 11.9 Å². The Morgan fingerprint density at radius 1 is 1.25 bits per heavy atom. The van der Waals surface area contributed by atoms with Crippen molar-refractivity contribution in [3.05, 3.63) is 69.0 Å². The van der Waals surface area contributed by atoms with Gasteiger partial charge in [0.2, 0.25) is 11.8 Å². The Morgan fingerprint density at radius 3 is 2.69 bits per heavy atom. The smallest absolute Gasteiger partial charge is 0.241 e. The molecule has 9 heteroatoms. The first-order valence-electron chi connectivity index (χ1n) is 10.3. The highest BCUT2D eigenvalue weighted by atomic mass is 79.9. The average Bonchev–Trinajstić information content (AvgIpc) is 3.32. The molecule has 1 spiro atoms. The first-order chi connectivity index (χ1) is 15.4. The third kappa shape index (κ3) is 2.70. The SMILES string of the molecule is CCOc1ccc(C2NNC3OC(N)=C(C#N)C4(C(=O)Nc5ccc(C)c(Br)c54)C32)cc1. The molecule has 2 aromatic rings. The van der Waals surface area contributed by atoms with E-state index in [1.54, 1.807) is 0 Å². The van der Waals surface area contributed by atoms with Gasteiger partial charge in [0, 0.05) is 15.7 Å². The highest BCUT2D eigenvalue weighted by Crippen LogP contribution is 2.58. The molecular weight excluding hydrogens is 474 g/mol. The Kier molecular flexibility index (Phi) is 4.89. The predicted octanol–water partition coefficient (Wildman–Crippen LogP) is 2.86. The van der Waals surface area contributed by atoms with Crippen LogP contribution in [0.4, 0.5) is 5.69 Å². The largest absolute Gasteiger partial charge is 0.494 e. The van der Waals surface area contributed by atoms with E-state index in [2.05, 4.69) is 38.2 Å². The number of carbonyl (C=O) groups excluding carboxylic acids is 1. The number of hydrogen-bond donors (Lipinski definition) is 4. The molecule has 1 fully saturated rings. The fourth-order valence-electron chi connectivity index (χ4n) is 5.10. The van der Waals surface area contributed by atoms with Crippen molar-refractivity contribution in [1.29, 1.82) is 5.26 Å². The highest BCUT2D eigenvalue weighted by molar-refractivity contribution is 9.10. The summed E-state index contributed by atoms with van der Waals surface area (Å²) >= 11 is 3.68. The fourth-order valence-corrected chi connectivity index (χ4v) is 5.75. The Morgan fingerprint density at radius 2 is 2.00 bits per heavy atom. The lowest BCUT2D eigenvalue weighted by atomic mass is 9.61. The lowest BCUT2D eigenvalue weighted by Crippen LogP contribution is -2.54. The van der Waals surface area contributed by atoms with E-state index in [-0.39, 0.29) is 23.4 Å². The molecule has 4 unspecified atom stereocenters. The van der Waals surface area contributed by atoms with Crippen LogP contribution in [0.2, 0.25) is 0 Å². The van der Waals surface area contributed by atoms with E-state index in [9.17, 15) is 10.1 Å². The number of nitrogens with two attached hydrogens (primary N) is 1. The number of hydrazine groups is 1. The summed E-state index contributed by atoms with van der Waals surface area (Å²) in [4.78, 5) is 13.7. The van der Waals surface area contributed by atoms with Crippen LogP contribution >= 0.6 is 15.9 Å². The van der Waals surface area contributed by atoms with Gasteiger partial charge in [-0.2, -0.15) is 5.26 Å². The number of amides is 1. The van der Waals surface area contributed by atoms with Crippen LogP contribution in [0, 0.1) is 24.2 Å². The van der Waals surface area contributed by atoms with Crippen molar-refractivity contribution in [3.63, 3.8) is 0 Å². The van der Waals surface area contributed by atoms with Crippen LogP contribution < -0.4 is 26.6 Å². The van der Waals surface area contributed by atoms with Gasteiger partial charge in [-0.15, -0.1) is 0 Å². The summed E-state index contributed by atoms with van der Waals surface area (Å²) in [5, 5.41) is 13.1. The standard InChI is InChI=1S/C23H22BrN5O3/c1-3-31-13-7-5-12(6-8-13)19-17-21(29-28-19)32-20(26)14(10-25)23(17)16-15(27-22(23)30)9-4-11(2)18(16)24/h4-9,17,19,21,28-29H,3,26H2,1-2H3,(H,27,30). The molecule has 3 heterocycles. The van der Waals surface area contributed by atoms with Gasteiger partial charge in [-0.25, -0.2) is 10.9 Å². The molecule has 1 amide bonds. The van der Waals surface area contributed by atoms with Crippen LogP contribution in [0.15, 0.2) is 52.3 Å². The maximum atomic E-state index is 13.7. The van der Waals surface area contributed by atoms with E-state index in [0.29, 0.717) is 17.9 Å². The number of anilines is 1. The summed E-state index contributed by atoms with van der Waals surface area (Å²) in [5.41, 5.74) is 14.6. The molecule has 2 aromatic carbocycles. The molecule has 0 aromatic heterocycles. The van der Waals surface area contributed by atoms with Crippen molar-refractivity contribution in [2.45, 2.75) is 31.5 Å². The van der Waals surface area contributed by atoms with E-state index >= 15 is 0 Å². The minimum atomic E-state index is -1.33. The molecule has 0 saturated carbocycles. The number of aryl methyl sites for hydroxylation is 1. The van der Waals surface area contributed by atoms with Crippen molar-refractivity contribution in [1.82, 2.24) is 10.9 Å². The second-order valence-corrected chi connectivity index (χ2v) is 8.86. The maximum Gasteiger partial charge on any atom is 0.241 e. The zero-order chi connectivity index (χ0) is 22.6. The number of nitriles is 1. The number of nitrogens with zero attached hydrogens (tertiary/aromatic N) is 1. The van der Waals surface area contributed by atoms with Gasteiger partial charge in [-0.3, -0.25) is 4.79 Å². The third-order valence-corrected chi connectivity index (χ3v) is 7.48. The molecule has 0 aliphatic carbocycles. The van der Waals surface area contributed by atoms with Gasteiger partial charge in [0.05, 0.1) is 18.6 Å². The van der Waals surface area contributed by atoms with Crippen molar-refractivity contribution in [2.24, 2.45) is 11.7 Å². The summed E-state index contributed by atoms with van der Waals surface area (Å²) in [7, 11) is 0. The zero-order valence-electron chi connectivity index (χ0n) is 17.5. The van der Waals surface area contributed by atoms with Gasteiger partial charge in [0.25, 0.3) is 0 Å². The number of rotatable bonds is 3. The normalized spacial score (nSPS) is 28.1. The molecule has 3 aliphatic rings. The fraction of sp³-hybridized carbons (Fsp3) is 0.304. The third-order valence-electron chi connectivity index (χ3n) is 6.46. The summed E-state index contributed by atoms with van der Waals surface area (Å²) < 4.78 is 12.2. The summed E-state index contributed by atoms with van der Waals surface area (Å²) in [6.45, 7) is 4.45. The lowest BCUT2D eigenvalue weighted by molar-refractivity contribution is -0.124. The van der Waals surface area contributed by atoms with Crippen LogP contribution in [0.1, 0.15) is 29.7 Å². The molecule has 8 nitrogen and oxygen atoms in total. The number of benzene rings is 2. The van der Waals surface area contributed by atoms with Gasteiger partial charge in [-0.05, 0) is 43.2 Å². The summed E-state index contributed by atoms with van der Waals surface area (Å²) in [6.07, 6.45) is -0.618. The monoisotopic (exact) mass is 495 g/mol. The Labute approximate surface area is 193 Å². The molecular formula is C23H22BrN5O3. The van der Waals surface area contributed by atoms with Crippen LogP contribution in [0.5, 0.6) is 5.75 Å². The predicted molar refractivity (Wildman–Crippen MR) is 121 cm³/mol. The van der Waals surface area contributed by atoms with Crippen molar-refractivity contribution in [3.8, 4) is 11.8 Å². The van der Waals surface area contributed by atoms with E-state index < -0.39 is 17.6 Å². The highest BCUT2D eigenvalue weighted by Gasteiger charge is 2.66. The first-order valence-corrected chi connectivity index (χ1v) is 11.1. The average molecular weight is 496 g/mol. The summed E-state index contributed by atoms with van der Waals surface area (Å²) in [5.74, 6) is -0.0656. The number of halogens is 1. The van der Waals surface area contributed by atoms with Crippen LogP contribution in [0.25, 0.3) is 0 Å². The maximum absolute atomic E-state index is 13.7. The van der Waals surface area contributed by atoms with Crippen molar-refractivity contribution >= 4 is 27.5 Å². The van der Waals surface area contributed by atoms with E-state index in [1.165, 1.54) is 0 Å². The Hall–Kier alpha value is -3.06. The quantitative estimate of drug-likeness (QED) is 0.516. The van der Waals surface area contributed by atoms with E-state index in [1.807, 2.05) is 50.2 Å². The van der Waals surface area contributed by atoms with Crippen LogP contribution in [-0.4, -0.2) is 18.7 Å². The molecule has 1 saturated heterocycles. The molecule has 0 bridgehead atoms. The molecule has 164 valence electrons. The number of fused-ring (bicyclic) bond motifs is 4. The number of ether oxygens (including phenoxy) is 2. The summed E-state index contributed by atoms with van der Waals surface area (Å²) in [6, 6.07) is 13.3. The Bertz CT molecular complexity index is 1190. The van der Waals surface area contributed by atoms with Crippen LogP contribution in [-0.2, 0) is 14.9 Å². The van der Waals surface area contributed by atoms with Gasteiger partial charge < -0.3 is 20.5 Å². The van der Waals surface area contributed by atoms with Crippen LogP contribution in [0.3, 0.4) is 0 Å². The van der Waals surface area contributed by atoms with Gasteiger partial charge >= 0.3 is 0 Å². The minimum Gasteiger partial charge on any atom is -0.494 e. The number of nitrogens with one attached hydrogen (secondary N) is 3. The van der Waals surface area contributed by atoms with Gasteiger partial charge in [0.15, 0.2) is 6.23 Å². The first kappa shape index (κ1) is 20.8. The molecule has 32 heavy (non-hydrogen) atoms. The molecule has 0 radical (unpaired) electrons.